The minimum atomic E-state index is -4.19. The Hall–Kier alpha value is -1.93. The number of carboxylic acid groups (broad SMARTS) is 1. The molecule has 0 heterocycles. The van der Waals surface area contributed by atoms with E-state index in [0.29, 0.717) is 6.42 Å². The number of benzene rings is 1. The van der Waals surface area contributed by atoms with Gasteiger partial charge in [-0.15, -0.1) is 0 Å². The van der Waals surface area contributed by atoms with Crippen LogP contribution in [0.25, 0.3) is 0 Å². The van der Waals surface area contributed by atoms with E-state index in [1.54, 1.807) is 24.3 Å². The van der Waals surface area contributed by atoms with E-state index in [0.717, 1.165) is 5.56 Å². The van der Waals surface area contributed by atoms with E-state index in [1.807, 2.05) is 13.0 Å². The first-order valence-electron chi connectivity index (χ1n) is 7.66. The molecule has 0 aliphatic rings. The average molecular weight is 356 g/mol. The molecule has 24 heavy (non-hydrogen) atoms. The van der Waals surface area contributed by atoms with Crippen LogP contribution in [0.2, 0.25) is 0 Å². The summed E-state index contributed by atoms with van der Waals surface area (Å²) in [5.74, 6) is -4.93. The second-order valence-electron chi connectivity index (χ2n) is 5.64. The van der Waals surface area contributed by atoms with Crippen molar-refractivity contribution in [1.82, 2.24) is 5.32 Å². The van der Waals surface area contributed by atoms with Gasteiger partial charge < -0.3 is 15.2 Å². The number of aliphatic carboxylic acids is 1. The van der Waals surface area contributed by atoms with Crippen molar-refractivity contribution < 1.29 is 27.7 Å². The molecule has 7 nitrogen and oxygen atoms in total. The van der Waals surface area contributed by atoms with Gasteiger partial charge in [0.2, 0.25) is 5.91 Å². The van der Waals surface area contributed by atoms with Gasteiger partial charge >= 0.3 is 0 Å². The first-order chi connectivity index (χ1) is 11.2. The highest BCUT2D eigenvalue weighted by molar-refractivity contribution is 7.85. The maximum Gasteiger partial charge on any atom is 0.266 e. The van der Waals surface area contributed by atoms with Crippen LogP contribution in [-0.4, -0.2) is 37.1 Å². The van der Waals surface area contributed by atoms with Crippen LogP contribution < -0.4 is 10.4 Å². The van der Waals surface area contributed by atoms with Crippen LogP contribution in [0, 0.1) is 11.8 Å². The van der Waals surface area contributed by atoms with E-state index in [9.17, 15) is 23.1 Å². The van der Waals surface area contributed by atoms with E-state index in [2.05, 4.69) is 5.32 Å². The zero-order valence-corrected chi connectivity index (χ0v) is 14.5. The molecule has 0 fully saturated rings. The van der Waals surface area contributed by atoms with E-state index >= 15 is 0 Å². The fourth-order valence-electron chi connectivity index (χ4n) is 2.74. The van der Waals surface area contributed by atoms with Gasteiger partial charge in [0.15, 0.2) is 0 Å². The Balaban J connectivity index is 2.89. The van der Waals surface area contributed by atoms with Crippen LogP contribution in [0.3, 0.4) is 0 Å². The predicted molar refractivity (Wildman–Crippen MR) is 86.6 cm³/mol. The van der Waals surface area contributed by atoms with Gasteiger partial charge in [0, 0.05) is 24.3 Å². The Labute approximate surface area is 141 Å². The zero-order chi connectivity index (χ0) is 18.3. The molecule has 0 aromatic heterocycles. The summed E-state index contributed by atoms with van der Waals surface area (Å²) < 4.78 is 30.0. The molecule has 3 atom stereocenters. The van der Waals surface area contributed by atoms with Gasteiger partial charge in [-0.25, -0.2) is 0 Å². The summed E-state index contributed by atoms with van der Waals surface area (Å²) >= 11 is 0. The monoisotopic (exact) mass is 356 g/mol. The summed E-state index contributed by atoms with van der Waals surface area (Å²) in [6, 6.07) is 9.00. The van der Waals surface area contributed by atoms with Gasteiger partial charge in [-0.2, -0.15) is 8.42 Å². The Morgan fingerprint density at radius 3 is 2.29 bits per heavy atom. The topological polar surface area (TPSA) is 124 Å². The summed E-state index contributed by atoms with van der Waals surface area (Å²) in [6.07, 6.45) is 0.505. The summed E-state index contributed by atoms with van der Waals surface area (Å²) in [7, 11) is -4.19. The number of carboxylic acids is 1. The lowest BCUT2D eigenvalue weighted by Crippen LogP contribution is -2.45. The fraction of sp³-hybridized carbons (Fsp3) is 0.500. The predicted octanol–water partition coefficient (Wildman–Crippen LogP) is 0.186. The van der Waals surface area contributed by atoms with Crippen molar-refractivity contribution >= 4 is 22.0 Å². The second-order valence-corrected chi connectivity index (χ2v) is 7.21. The maximum absolute atomic E-state index is 12.1. The van der Waals surface area contributed by atoms with Gasteiger partial charge in [0.1, 0.15) is 0 Å². The second kappa shape index (κ2) is 8.79. The molecule has 0 spiro atoms. The molecule has 1 amide bonds. The average Bonchev–Trinajstić information content (AvgIpc) is 2.51. The van der Waals surface area contributed by atoms with E-state index in [-0.39, 0.29) is 6.54 Å². The van der Waals surface area contributed by atoms with Crippen LogP contribution in [-0.2, 0) is 19.7 Å². The van der Waals surface area contributed by atoms with E-state index in [1.165, 1.54) is 6.92 Å². The molecule has 0 bridgehead atoms. The summed E-state index contributed by atoms with van der Waals surface area (Å²) in [4.78, 5) is 23.8. The Morgan fingerprint density at radius 2 is 1.83 bits per heavy atom. The number of hydrogen-bond donors (Lipinski definition) is 2. The molecule has 8 heteroatoms. The minimum absolute atomic E-state index is 0.288. The lowest BCUT2D eigenvalue weighted by molar-refractivity contribution is -0.313. The summed E-state index contributed by atoms with van der Waals surface area (Å²) in [6.45, 7) is 3.01. The first-order valence-corrected chi connectivity index (χ1v) is 9.27. The molecule has 0 saturated heterocycles. The molecule has 1 rings (SSSR count). The van der Waals surface area contributed by atoms with Crippen LogP contribution in [0.5, 0.6) is 0 Å². The van der Waals surface area contributed by atoms with Gasteiger partial charge in [0.05, 0.1) is 5.75 Å². The number of carbonyl (C=O) groups is 2. The SMILES string of the molecule is CCC(c1ccccc1)C(C(=O)[O-])C(C)C(=O)NCCS(=O)(=O)O. The highest BCUT2D eigenvalue weighted by atomic mass is 32.2. The van der Waals surface area contributed by atoms with Gasteiger partial charge in [-0.1, -0.05) is 44.2 Å². The maximum atomic E-state index is 12.1. The molecule has 2 N–H and O–H groups in total. The van der Waals surface area contributed by atoms with Gasteiger partial charge in [0.25, 0.3) is 10.1 Å². The highest BCUT2D eigenvalue weighted by Gasteiger charge is 2.32. The number of nitrogens with one attached hydrogen (secondary N) is 1. The van der Waals surface area contributed by atoms with Crippen molar-refractivity contribution in [2.45, 2.75) is 26.2 Å². The fourth-order valence-corrected chi connectivity index (χ4v) is 3.10. The Kier molecular flexibility index (Phi) is 7.37. The van der Waals surface area contributed by atoms with Crippen molar-refractivity contribution in [3.05, 3.63) is 35.9 Å². The van der Waals surface area contributed by atoms with Gasteiger partial charge in [-0.05, 0) is 17.9 Å². The third kappa shape index (κ3) is 5.93. The van der Waals surface area contributed by atoms with Crippen molar-refractivity contribution in [3.8, 4) is 0 Å². The molecule has 0 aliphatic heterocycles. The summed E-state index contributed by atoms with van der Waals surface area (Å²) in [5.41, 5.74) is 0.798. The third-order valence-corrected chi connectivity index (χ3v) is 4.70. The number of hydrogen-bond acceptors (Lipinski definition) is 5. The van der Waals surface area contributed by atoms with Crippen molar-refractivity contribution in [2.24, 2.45) is 11.8 Å². The van der Waals surface area contributed by atoms with Crippen molar-refractivity contribution in [2.75, 3.05) is 12.3 Å². The number of rotatable bonds is 9. The molecular weight excluding hydrogens is 334 g/mol. The quantitative estimate of drug-likeness (QED) is 0.609. The zero-order valence-electron chi connectivity index (χ0n) is 13.6. The molecule has 0 aliphatic carbocycles. The van der Waals surface area contributed by atoms with Crippen LogP contribution in [0.4, 0.5) is 0 Å². The lowest BCUT2D eigenvalue weighted by atomic mass is 9.76. The lowest BCUT2D eigenvalue weighted by Gasteiger charge is -2.32. The van der Waals surface area contributed by atoms with E-state index < -0.39 is 45.5 Å². The first kappa shape index (κ1) is 20.1. The standard InChI is InChI=1S/C16H23NO6S/c1-3-13(12-7-5-4-6-8-12)14(16(19)20)11(2)15(18)17-9-10-24(21,22)23/h4-8,11,13-14H,3,9-10H2,1-2H3,(H,17,18)(H,19,20)(H,21,22,23)/p-1. The van der Waals surface area contributed by atoms with Crippen LogP contribution >= 0.6 is 0 Å². The molecule has 0 saturated carbocycles. The van der Waals surface area contributed by atoms with E-state index in [4.69, 9.17) is 4.55 Å². The third-order valence-electron chi connectivity index (χ3n) is 3.98. The number of carbonyl (C=O) groups excluding carboxylic acids is 2. The summed E-state index contributed by atoms with van der Waals surface area (Å²) in [5, 5.41) is 14.0. The van der Waals surface area contributed by atoms with Crippen molar-refractivity contribution in [3.63, 3.8) is 0 Å². The Bertz CT molecular complexity index is 658. The van der Waals surface area contributed by atoms with Crippen molar-refractivity contribution in [1.29, 1.82) is 0 Å². The molecule has 0 radical (unpaired) electrons. The molecule has 134 valence electrons. The van der Waals surface area contributed by atoms with Crippen LogP contribution in [0.1, 0.15) is 31.7 Å². The smallest absolute Gasteiger partial charge is 0.266 e. The molecule has 3 unspecified atom stereocenters. The normalized spacial score (nSPS) is 15.3. The molecular formula is C16H22NO6S-. The minimum Gasteiger partial charge on any atom is -0.550 e. The van der Waals surface area contributed by atoms with Crippen LogP contribution in [0.15, 0.2) is 30.3 Å². The molecule has 1 aromatic rings. The highest BCUT2D eigenvalue weighted by Crippen LogP contribution is 2.33. The Morgan fingerprint density at radius 1 is 1.25 bits per heavy atom. The van der Waals surface area contributed by atoms with Gasteiger partial charge in [-0.3, -0.25) is 9.35 Å². The number of amides is 1. The largest absolute Gasteiger partial charge is 0.550 e. The molecule has 1 aromatic carbocycles.